The summed E-state index contributed by atoms with van der Waals surface area (Å²) in [5.41, 5.74) is 2.73. The number of piperidine rings is 3. The predicted octanol–water partition coefficient (Wildman–Crippen LogP) is 5.06. The first kappa shape index (κ1) is 25.3. The maximum atomic E-state index is 13.0. The summed E-state index contributed by atoms with van der Waals surface area (Å²) in [7, 11) is 1.66. The van der Waals surface area contributed by atoms with Gasteiger partial charge in [0.15, 0.2) is 0 Å². The van der Waals surface area contributed by atoms with Crippen LogP contribution in [0.25, 0.3) is 10.9 Å². The number of aromatic nitrogens is 1. The monoisotopic (exact) mass is 522 g/mol. The van der Waals surface area contributed by atoms with E-state index in [0.29, 0.717) is 23.2 Å². The number of methoxy groups -OCH3 is 1. The molecule has 0 saturated carbocycles. The van der Waals surface area contributed by atoms with Crippen molar-refractivity contribution in [1.29, 1.82) is 0 Å². The fourth-order valence-corrected chi connectivity index (χ4v) is 6.51. The third-order valence-corrected chi connectivity index (χ3v) is 8.73. The number of fused-ring (bicyclic) bond motifs is 4. The second-order valence-electron chi connectivity index (χ2n) is 10.8. The average molecular weight is 523 g/mol. The van der Waals surface area contributed by atoms with Crippen molar-refractivity contribution in [3.05, 3.63) is 105 Å². The first-order valence-electron chi connectivity index (χ1n) is 13.7. The molecule has 4 aromatic rings. The number of benzene rings is 2. The van der Waals surface area contributed by atoms with Gasteiger partial charge in [-0.15, -0.1) is 6.58 Å². The molecule has 200 valence electrons. The van der Waals surface area contributed by atoms with Crippen molar-refractivity contribution < 1.29 is 4.74 Å². The summed E-state index contributed by atoms with van der Waals surface area (Å²) >= 11 is 0. The van der Waals surface area contributed by atoms with Crippen molar-refractivity contribution in [3.8, 4) is 5.75 Å². The zero-order chi connectivity index (χ0) is 27.1. The summed E-state index contributed by atoms with van der Waals surface area (Å²) in [4.78, 5) is 32.9. The molecule has 2 bridgehead atoms. The van der Waals surface area contributed by atoms with Gasteiger partial charge in [-0.1, -0.05) is 36.4 Å². The lowest BCUT2D eigenvalue weighted by molar-refractivity contribution is 0.0105. The molecule has 4 heterocycles. The van der Waals surface area contributed by atoms with E-state index in [2.05, 4.69) is 33.2 Å². The molecule has 3 aliphatic heterocycles. The van der Waals surface area contributed by atoms with Crippen molar-refractivity contribution in [1.82, 2.24) is 9.88 Å². The van der Waals surface area contributed by atoms with Crippen LogP contribution in [0.4, 0.5) is 11.4 Å². The van der Waals surface area contributed by atoms with Crippen LogP contribution in [0.2, 0.25) is 0 Å². The van der Waals surface area contributed by atoms with Gasteiger partial charge in [0.05, 0.1) is 18.7 Å². The molecule has 3 fully saturated rings. The van der Waals surface area contributed by atoms with E-state index >= 15 is 0 Å². The van der Waals surface area contributed by atoms with Gasteiger partial charge in [0.25, 0.3) is 10.9 Å². The Morgan fingerprint density at radius 2 is 1.85 bits per heavy atom. The van der Waals surface area contributed by atoms with E-state index in [9.17, 15) is 9.59 Å². The molecule has 39 heavy (non-hydrogen) atoms. The molecule has 3 saturated heterocycles. The molecule has 3 aromatic carbocycles. The minimum atomic E-state index is -0.475. The van der Waals surface area contributed by atoms with Gasteiger partial charge >= 0.3 is 0 Å². The number of pyridine rings is 1. The molecule has 7 heteroatoms. The van der Waals surface area contributed by atoms with E-state index < -0.39 is 10.9 Å². The van der Waals surface area contributed by atoms with Crippen LogP contribution in [-0.2, 0) is 0 Å². The van der Waals surface area contributed by atoms with Crippen molar-refractivity contribution in [2.75, 3.05) is 30.8 Å². The normalized spacial score (nSPS) is 23.8. The summed E-state index contributed by atoms with van der Waals surface area (Å²) in [6, 6.07) is 17.6. The van der Waals surface area contributed by atoms with Gasteiger partial charge in [0, 0.05) is 30.2 Å². The summed E-state index contributed by atoms with van der Waals surface area (Å²) in [6.07, 6.45) is 6.04. The lowest BCUT2D eigenvalue weighted by atomic mass is 9.73. The van der Waals surface area contributed by atoms with Crippen LogP contribution in [0, 0.1) is 11.8 Å². The maximum absolute atomic E-state index is 13.0. The molecule has 1 aromatic heterocycles. The highest BCUT2D eigenvalue weighted by Gasteiger charge is 2.43. The Balaban J connectivity index is 1.40. The highest BCUT2D eigenvalue weighted by molar-refractivity contribution is 5.85. The molecule has 2 N–H and O–H groups in total. The van der Waals surface area contributed by atoms with Gasteiger partial charge in [-0.3, -0.25) is 19.5 Å². The molecule has 0 radical (unpaired) electrons. The Kier molecular flexibility index (Phi) is 6.69. The highest BCUT2D eigenvalue weighted by Crippen LogP contribution is 2.44. The van der Waals surface area contributed by atoms with Crippen molar-refractivity contribution in [2.45, 2.75) is 37.9 Å². The topological polar surface area (TPSA) is 83.6 Å². The van der Waals surface area contributed by atoms with Crippen molar-refractivity contribution in [2.24, 2.45) is 11.8 Å². The van der Waals surface area contributed by atoms with Crippen molar-refractivity contribution >= 4 is 22.3 Å². The maximum Gasteiger partial charge on any atom is 0.253 e. The second kappa shape index (κ2) is 10.3. The fraction of sp³-hybridized carbons (Fsp3) is 0.344. The minimum absolute atomic E-state index is 0.123. The zero-order valence-corrected chi connectivity index (χ0v) is 22.4. The molecule has 0 amide bonds. The molecular weight excluding hydrogens is 488 g/mol. The van der Waals surface area contributed by atoms with Gasteiger partial charge in [0.1, 0.15) is 17.1 Å². The molecule has 3 unspecified atom stereocenters. The zero-order valence-electron chi connectivity index (χ0n) is 22.4. The SMILES string of the molecule is C=CC1CN2CCC1C[C@H]2[C@@H](Nc1c(N[C@@H](C)c2ccccc2)c(=O)c1=O)c1ccnc2ccc(OC)cc12. The third-order valence-electron chi connectivity index (χ3n) is 8.73. The van der Waals surface area contributed by atoms with E-state index in [-0.39, 0.29) is 18.1 Å². The van der Waals surface area contributed by atoms with Crippen LogP contribution in [0.5, 0.6) is 5.75 Å². The second-order valence-corrected chi connectivity index (χ2v) is 10.8. The first-order valence-corrected chi connectivity index (χ1v) is 13.7. The van der Waals surface area contributed by atoms with Crippen molar-refractivity contribution in [3.63, 3.8) is 0 Å². The fourth-order valence-electron chi connectivity index (χ4n) is 6.51. The van der Waals surface area contributed by atoms with E-state index in [1.54, 1.807) is 7.11 Å². The smallest absolute Gasteiger partial charge is 0.253 e. The Morgan fingerprint density at radius 1 is 1.08 bits per heavy atom. The van der Waals surface area contributed by atoms with Crippen LogP contribution in [0.3, 0.4) is 0 Å². The predicted molar refractivity (Wildman–Crippen MR) is 156 cm³/mol. The van der Waals surface area contributed by atoms with E-state index in [1.165, 1.54) is 0 Å². The van der Waals surface area contributed by atoms with Gasteiger partial charge in [-0.05, 0) is 73.5 Å². The Labute approximate surface area is 228 Å². The lowest BCUT2D eigenvalue weighted by Crippen LogP contribution is -2.56. The summed E-state index contributed by atoms with van der Waals surface area (Å²) in [5.74, 6) is 1.77. The minimum Gasteiger partial charge on any atom is -0.497 e. The van der Waals surface area contributed by atoms with Gasteiger partial charge in [-0.2, -0.15) is 0 Å². The van der Waals surface area contributed by atoms with Gasteiger partial charge in [0.2, 0.25) is 0 Å². The largest absolute Gasteiger partial charge is 0.497 e. The van der Waals surface area contributed by atoms with Crippen LogP contribution in [0.15, 0.2) is 83.0 Å². The lowest BCUT2D eigenvalue weighted by Gasteiger charge is -2.52. The molecule has 3 aliphatic rings. The van der Waals surface area contributed by atoms with Crippen LogP contribution >= 0.6 is 0 Å². The highest BCUT2D eigenvalue weighted by atomic mass is 16.5. The summed E-state index contributed by atoms with van der Waals surface area (Å²) < 4.78 is 5.54. The first-order chi connectivity index (χ1) is 19.0. The number of nitrogens with zero attached hydrogens (tertiary/aromatic N) is 2. The van der Waals surface area contributed by atoms with Crippen LogP contribution < -0.4 is 26.2 Å². The number of anilines is 2. The summed E-state index contributed by atoms with van der Waals surface area (Å²) in [5, 5.41) is 7.88. The molecule has 0 aliphatic carbocycles. The van der Waals surface area contributed by atoms with E-state index in [1.807, 2.05) is 67.7 Å². The Bertz CT molecular complexity index is 1580. The summed E-state index contributed by atoms with van der Waals surface area (Å²) in [6.45, 7) is 8.03. The third kappa shape index (κ3) is 4.51. The number of ether oxygens (including phenoxy) is 1. The number of hydrogen-bond acceptors (Lipinski definition) is 7. The number of hydrogen-bond donors (Lipinski definition) is 2. The van der Waals surface area contributed by atoms with E-state index in [4.69, 9.17) is 4.74 Å². The van der Waals surface area contributed by atoms with Crippen LogP contribution in [0.1, 0.15) is 43.0 Å². The number of nitrogens with one attached hydrogen (secondary N) is 2. The van der Waals surface area contributed by atoms with Gasteiger partial charge < -0.3 is 15.4 Å². The molecule has 7 rings (SSSR count). The van der Waals surface area contributed by atoms with E-state index in [0.717, 1.165) is 53.7 Å². The van der Waals surface area contributed by atoms with Crippen LogP contribution in [-0.4, -0.2) is 36.1 Å². The van der Waals surface area contributed by atoms with Gasteiger partial charge in [-0.25, -0.2) is 0 Å². The Morgan fingerprint density at radius 3 is 2.54 bits per heavy atom. The average Bonchev–Trinajstić information content (AvgIpc) is 3.00. The molecule has 7 nitrogen and oxygen atoms in total. The molecular formula is C32H34N4O3. The molecule has 0 spiro atoms. The Hall–Kier alpha value is -3.97. The standard InChI is InChI=1S/C32H34N4O3/c1-4-20-18-36-15-13-22(20)16-27(36)28(24-12-14-33-26-11-10-23(39-3)17-25(24)26)35-30-29(31(37)32(30)38)34-19(2)21-8-6-5-7-9-21/h4-12,14,17,19-20,22,27-28,34-35H,1,13,15-16,18H2,2-3H3/t19-,20?,22?,27-,28-/m0/s1. The molecule has 6 atom stereocenters. The quantitative estimate of drug-likeness (QED) is 0.235. The number of rotatable bonds is 9.